The molecule has 0 fully saturated rings. The highest BCUT2D eigenvalue weighted by Gasteiger charge is 2.14. The van der Waals surface area contributed by atoms with Crippen LogP contribution in [-0.4, -0.2) is 23.4 Å². The lowest BCUT2D eigenvalue weighted by atomic mass is 10.1. The molecule has 0 aromatic heterocycles. The first-order chi connectivity index (χ1) is 11.0. The summed E-state index contributed by atoms with van der Waals surface area (Å²) in [5.74, 6) is 0.0258. The summed E-state index contributed by atoms with van der Waals surface area (Å²) in [4.78, 5) is 14.5. The van der Waals surface area contributed by atoms with Crippen LogP contribution in [0.15, 0.2) is 48.5 Å². The Morgan fingerprint density at radius 2 is 1.74 bits per heavy atom. The maximum Gasteiger partial charge on any atom is 0.238 e. The van der Waals surface area contributed by atoms with Gasteiger partial charge in [-0.3, -0.25) is 9.69 Å². The molecular formula is C20H26N2O. The van der Waals surface area contributed by atoms with Crippen LogP contribution in [0.25, 0.3) is 0 Å². The summed E-state index contributed by atoms with van der Waals surface area (Å²) in [5, 5.41) is 3.00. The molecular weight excluding hydrogens is 284 g/mol. The molecule has 2 rings (SSSR count). The molecule has 0 saturated carbocycles. The van der Waals surface area contributed by atoms with Crippen molar-refractivity contribution in [3.05, 3.63) is 65.2 Å². The first kappa shape index (κ1) is 17.2. The number of hydrogen-bond donors (Lipinski definition) is 1. The first-order valence-corrected chi connectivity index (χ1v) is 8.11. The quantitative estimate of drug-likeness (QED) is 0.869. The summed E-state index contributed by atoms with van der Waals surface area (Å²) in [6.45, 7) is 9.53. The van der Waals surface area contributed by atoms with Crippen LogP contribution in [0, 0.1) is 13.8 Å². The molecule has 0 saturated heterocycles. The topological polar surface area (TPSA) is 32.3 Å². The molecule has 2 aromatic carbocycles. The predicted octanol–water partition coefficient (Wildman–Crippen LogP) is 4.15. The Morgan fingerprint density at radius 1 is 1.04 bits per heavy atom. The summed E-state index contributed by atoms with van der Waals surface area (Å²) in [6, 6.07) is 16.6. The number of nitrogens with one attached hydrogen (secondary N) is 1. The summed E-state index contributed by atoms with van der Waals surface area (Å²) >= 11 is 0. The Kier molecular flexibility index (Phi) is 5.94. The number of hydrogen-bond acceptors (Lipinski definition) is 2. The van der Waals surface area contributed by atoms with Gasteiger partial charge in [0.1, 0.15) is 0 Å². The molecule has 0 radical (unpaired) electrons. The number of carbonyl (C=O) groups excluding carboxylic acids is 1. The zero-order chi connectivity index (χ0) is 16.8. The van der Waals surface area contributed by atoms with Crippen LogP contribution in [0.3, 0.4) is 0 Å². The molecule has 3 heteroatoms. The maximum absolute atomic E-state index is 12.4. The van der Waals surface area contributed by atoms with Crippen LogP contribution < -0.4 is 5.32 Å². The Labute approximate surface area is 139 Å². The van der Waals surface area contributed by atoms with E-state index < -0.39 is 0 Å². The van der Waals surface area contributed by atoms with Crippen LogP contribution in [0.5, 0.6) is 0 Å². The van der Waals surface area contributed by atoms with E-state index in [2.05, 4.69) is 50.0 Å². The van der Waals surface area contributed by atoms with Crippen LogP contribution in [0.2, 0.25) is 0 Å². The van der Waals surface area contributed by atoms with Crippen molar-refractivity contribution in [2.45, 2.75) is 40.3 Å². The molecule has 0 heterocycles. The van der Waals surface area contributed by atoms with Crippen molar-refractivity contribution in [3.8, 4) is 0 Å². The maximum atomic E-state index is 12.4. The highest BCUT2D eigenvalue weighted by atomic mass is 16.2. The number of nitrogens with zero attached hydrogens (tertiary/aromatic N) is 1. The van der Waals surface area contributed by atoms with Crippen molar-refractivity contribution in [1.82, 2.24) is 4.90 Å². The summed E-state index contributed by atoms with van der Waals surface area (Å²) in [5.41, 5.74) is 4.50. The van der Waals surface area contributed by atoms with Gasteiger partial charge < -0.3 is 5.32 Å². The van der Waals surface area contributed by atoms with E-state index in [-0.39, 0.29) is 5.91 Å². The lowest BCUT2D eigenvalue weighted by Crippen LogP contribution is -2.37. The molecule has 0 bridgehead atoms. The fourth-order valence-electron chi connectivity index (χ4n) is 2.44. The number of aryl methyl sites for hydroxylation is 2. The molecule has 0 spiro atoms. The average molecular weight is 310 g/mol. The smallest absolute Gasteiger partial charge is 0.238 e. The molecule has 2 aromatic rings. The van der Waals surface area contributed by atoms with E-state index in [1.54, 1.807) is 0 Å². The summed E-state index contributed by atoms with van der Waals surface area (Å²) in [6.07, 6.45) is 0. The van der Waals surface area contributed by atoms with Crippen molar-refractivity contribution in [2.75, 3.05) is 11.9 Å². The van der Waals surface area contributed by atoms with Crippen LogP contribution >= 0.6 is 0 Å². The normalized spacial score (nSPS) is 11.0. The van der Waals surface area contributed by atoms with Gasteiger partial charge in [-0.15, -0.1) is 0 Å². The zero-order valence-corrected chi connectivity index (χ0v) is 14.5. The fourth-order valence-corrected chi connectivity index (χ4v) is 2.44. The lowest BCUT2D eigenvalue weighted by molar-refractivity contribution is -0.117. The Balaban J connectivity index is 1.99. The molecule has 3 nitrogen and oxygen atoms in total. The summed E-state index contributed by atoms with van der Waals surface area (Å²) in [7, 11) is 0. The van der Waals surface area contributed by atoms with E-state index in [4.69, 9.17) is 0 Å². The molecule has 1 amide bonds. The highest BCUT2D eigenvalue weighted by molar-refractivity contribution is 5.92. The van der Waals surface area contributed by atoms with Gasteiger partial charge in [-0.05, 0) is 56.5 Å². The average Bonchev–Trinajstić information content (AvgIpc) is 2.51. The van der Waals surface area contributed by atoms with Gasteiger partial charge in [0.05, 0.1) is 6.54 Å². The Hall–Kier alpha value is -2.13. The molecule has 0 unspecified atom stereocenters. The Bertz CT molecular complexity index is 650. The van der Waals surface area contributed by atoms with Gasteiger partial charge in [0.2, 0.25) is 5.91 Å². The minimum absolute atomic E-state index is 0.0258. The number of rotatable bonds is 6. The minimum Gasteiger partial charge on any atom is -0.325 e. The third kappa shape index (κ3) is 5.22. The van der Waals surface area contributed by atoms with Gasteiger partial charge in [0.15, 0.2) is 0 Å². The third-order valence-electron chi connectivity index (χ3n) is 4.10. The monoisotopic (exact) mass is 310 g/mol. The number of benzene rings is 2. The van der Waals surface area contributed by atoms with Gasteiger partial charge in [0, 0.05) is 18.3 Å². The molecule has 122 valence electrons. The molecule has 0 aliphatic heterocycles. The lowest BCUT2D eigenvalue weighted by Gasteiger charge is -2.26. The second-order valence-electron chi connectivity index (χ2n) is 6.33. The standard InChI is InChI=1S/C20H26N2O/c1-15(2)22(13-18-8-6-5-7-9-18)14-20(23)21-19-11-10-16(3)17(4)12-19/h5-12,15H,13-14H2,1-4H3,(H,21,23). The van der Waals surface area contributed by atoms with Crippen LogP contribution in [-0.2, 0) is 11.3 Å². The van der Waals surface area contributed by atoms with Crippen LogP contribution in [0.4, 0.5) is 5.69 Å². The first-order valence-electron chi connectivity index (χ1n) is 8.11. The molecule has 0 aliphatic rings. The van der Waals surface area contributed by atoms with E-state index in [1.807, 2.05) is 36.4 Å². The van der Waals surface area contributed by atoms with Crippen molar-refractivity contribution in [1.29, 1.82) is 0 Å². The van der Waals surface area contributed by atoms with E-state index >= 15 is 0 Å². The van der Waals surface area contributed by atoms with E-state index in [1.165, 1.54) is 16.7 Å². The molecule has 0 atom stereocenters. The number of amides is 1. The van der Waals surface area contributed by atoms with Gasteiger partial charge >= 0.3 is 0 Å². The molecule has 1 N–H and O–H groups in total. The largest absolute Gasteiger partial charge is 0.325 e. The summed E-state index contributed by atoms with van der Waals surface area (Å²) < 4.78 is 0. The van der Waals surface area contributed by atoms with E-state index in [9.17, 15) is 4.79 Å². The van der Waals surface area contributed by atoms with E-state index in [0.29, 0.717) is 12.6 Å². The van der Waals surface area contributed by atoms with E-state index in [0.717, 1.165) is 12.2 Å². The zero-order valence-electron chi connectivity index (χ0n) is 14.5. The van der Waals surface area contributed by atoms with Gasteiger partial charge in [-0.2, -0.15) is 0 Å². The molecule has 0 aliphatic carbocycles. The van der Waals surface area contributed by atoms with Gasteiger partial charge in [0.25, 0.3) is 0 Å². The van der Waals surface area contributed by atoms with Crippen molar-refractivity contribution >= 4 is 11.6 Å². The fraction of sp³-hybridized carbons (Fsp3) is 0.350. The molecule has 23 heavy (non-hydrogen) atoms. The van der Waals surface area contributed by atoms with Crippen molar-refractivity contribution in [3.63, 3.8) is 0 Å². The third-order valence-corrected chi connectivity index (χ3v) is 4.10. The minimum atomic E-state index is 0.0258. The SMILES string of the molecule is Cc1ccc(NC(=O)CN(Cc2ccccc2)C(C)C)cc1C. The van der Waals surface area contributed by atoms with Gasteiger partial charge in [-0.1, -0.05) is 36.4 Å². The second kappa shape index (κ2) is 7.93. The Morgan fingerprint density at radius 3 is 2.35 bits per heavy atom. The number of carbonyl (C=O) groups is 1. The van der Waals surface area contributed by atoms with Crippen LogP contribution in [0.1, 0.15) is 30.5 Å². The predicted molar refractivity (Wildman–Crippen MR) is 96.5 cm³/mol. The van der Waals surface area contributed by atoms with Gasteiger partial charge in [-0.25, -0.2) is 0 Å². The number of anilines is 1. The highest BCUT2D eigenvalue weighted by Crippen LogP contribution is 2.14. The van der Waals surface area contributed by atoms with Crippen molar-refractivity contribution in [2.24, 2.45) is 0 Å². The van der Waals surface area contributed by atoms with Crippen molar-refractivity contribution < 1.29 is 4.79 Å². The second-order valence-corrected chi connectivity index (χ2v) is 6.33.